The van der Waals surface area contributed by atoms with Crippen LogP contribution in [0.2, 0.25) is 10.0 Å². The summed E-state index contributed by atoms with van der Waals surface area (Å²) < 4.78 is 27.5. The maximum absolute atomic E-state index is 12.8. The van der Waals surface area contributed by atoms with Crippen LogP contribution >= 0.6 is 23.2 Å². The highest BCUT2D eigenvalue weighted by atomic mass is 35.5. The topological polar surface area (TPSA) is 66.5 Å². The summed E-state index contributed by atoms with van der Waals surface area (Å²) in [5, 5.41) is 0.199. The van der Waals surface area contributed by atoms with Crippen LogP contribution in [0, 0.1) is 0 Å². The van der Waals surface area contributed by atoms with E-state index in [1.807, 2.05) is 6.92 Å². The zero-order valence-electron chi connectivity index (χ0n) is 13.4. The van der Waals surface area contributed by atoms with E-state index in [9.17, 15) is 13.2 Å². The molecule has 24 heavy (non-hydrogen) atoms. The average molecular weight is 391 g/mol. The molecule has 1 saturated carbocycles. The Balaban J connectivity index is 1.96. The SMILES string of the molecule is CC1CCCCN1C(=O)c1cc(S(=O)(=O)NC2CC2)c(Cl)cc1Cl. The largest absolute Gasteiger partial charge is 0.336 e. The molecular formula is C16H20Cl2N2O3S. The summed E-state index contributed by atoms with van der Waals surface area (Å²) in [5.74, 6) is -0.244. The number of benzene rings is 1. The zero-order chi connectivity index (χ0) is 17.5. The van der Waals surface area contributed by atoms with Gasteiger partial charge in [0.1, 0.15) is 4.90 Å². The predicted molar refractivity (Wildman–Crippen MR) is 94.2 cm³/mol. The molecule has 132 valence electrons. The van der Waals surface area contributed by atoms with E-state index in [1.165, 1.54) is 12.1 Å². The lowest BCUT2D eigenvalue weighted by atomic mass is 10.0. The van der Waals surface area contributed by atoms with Crippen molar-refractivity contribution in [3.05, 3.63) is 27.7 Å². The van der Waals surface area contributed by atoms with Crippen LogP contribution in [0.15, 0.2) is 17.0 Å². The fraction of sp³-hybridized carbons (Fsp3) is 0.562. The van der Waals surface area contributed by atoms with Crippen LogP contribution in [0.5, 0.6) is 0 Å². The minimum Gasteiger partial charge on any atom is -0.336 e. The molecule has 1 atom stereocenters. The number of nitrogens with one attached hydrogen (secondary N) is 1. The van der Waals surface area contributed by atoms with Gasteiger partial charge in [-0.15, -0.1) is 0 Å². The Morgan fingerprint density at radius 3 is 2.50 bits per heavy atom. The Hall–Kier alpha value is -0.820. The molecule has 5 nitrogen and oxygen atoms in total. The van der Waals surface area contributed by atoms with Gasteiger partial charge in [0, 0.05) is 18.6 Å². The third kappa shape index (κ3) is 3.72. The van der Waals surface area contributed by atoms with E-state index >= 15 is 0 Å². The van der Waals surface area contributed by atoms with Gasteiger partial charge in [0.25, 0.3) is 5.91 Å². The van der Waals surface area contributed by atoms with Crippen LogP contribution in [0.3, 0.4) is 0 Å². The third-order valence-electron chi connectivity index (χ3n) is 4.50. The molecule has 0 aromatic heterocycles. The Bertz CT molecular complexity index is 763. The van der Waals surface area contributed by atoms with Gasteiger partial charge in [-0.1, -0.05) is 23.2 Å². The Morgan fingerprint density at radius 1 is 1.17 bits per heavy atom. The first-order chi connectivity index (χ1) is 11.3. The number of hydrogen-bond acceptors (Lipinski definition) is 3. The summed E-state index contributed by atoms with van der Waals surface area (Å²) >= 11 is 12.3. The third-order valence-corrected chi connectivity index (χ3v) is 6.80. The highest BCUT2D eigenvalue weighted by molar-refractivity contribution is 7.89. The van der Waals surface area contributed by atoms with Gasteiger partial charge >= 0.3 is 0 Å². The summed E-state index contributed by atoms with van der Waals surface area (Å²) in [5.41, 5.74) is 0.186. The van der Waals surface area contributed by atoms with Crippen molar-refractivity contribution in [3.8, 4) is 0 Å². The van der Waals surface area contributed by atoms with Gasteiger partial charge in [0.15, 0.2) is 0 Å². The van der Waals surface area contributed by atoms with E-state index in [4.69, 9.17) is 23.2 Å². The number of halogens is 2. The minimum absolute atomic E-state index is 0.0244. The molecule has 0 spiro atoms. The highest BCUT2D eigenvalue weighted by Gasteiger charge is 2.32. The van der Waals surface area contributed by atoms with E-state index in [1.54, 1.807) is 4.90 Å². The van der Waals surface area contributed by atoms with Crippen LogP contribution in [-0.4, -0.2) is 37.9 Å². The lowest BCUT2D eigenvalue weighted by molar-refractivity contribution is 0.0635. The van der Waals surface area contributed by atoms with E-state index < -0.39 is 10.0 Å². The van der Waals surface area contributed by atoms with Crippen LogP contribution in [0.25, 0.3) is 0 Å². The zero-order valence-corrected chi connectivity index (χ0v) is 15.7. The second kappa shape index (κ2) is 6.83. The number of likely N-dealkylation sites (tertiary alicyclic amines) is 1. The molecule has 1 aromatic rings. The van der Waals surface area contributed by atoms with Crippen molar-refractivity contribution in [1.29, 1.82) is 0 Å². The van der Waals surface area contributed by atoms with Crippen LogP contribution in [0.4, 0.5) is 0 Å². The van der Waals surface area contributed by atoms with Crippen molar-refractivity contribution < 1.29 is 13.2 Å². The van der Waals surface area contributed by atoms with Gasteiger partial charge in [0.2, 0.25) is 10.0 Å². The number of hydrogen-bond donors (Lipinski definition) is 1. The standard InChI is InChI=1S/C16H20Cl2N2O3S/c1-10-4-2-3-7-20(10)16(21)12-8-15(14(18)9-13(12)17)24(22,23)19-11-5-6-11/h8-11,19H,2-7H2,1H3. The fourth-order valence-electron chi connectivity index (χ4n) is 2.94. The first-order valence-corrected chi connectivity index (χ1v) is 10.4. The molecule has 1 N–H and O–H groups in total. The number of sulfonamides is 1. The van der Waals surface area contributed by atoms with E-state index in [-0.39, 0.29) is 38.5 Å². The van der Waals surface area contributed by atoms with Crippen molar-refractivity contribution in [2.45, 2.75) is 56.0 Å². The second-order valence-corrected chi connectivity index (χ2v) is 9.00. The van der Waals surface area contributed by atoms with Gasteiger partial charge in [-0.25, -0.2) is 13.1 Å². The fourth-order valence-corrected chi connectivity index (χ4v) is 5.10. The maximum atomic E-state index is 12.8. The van der Waals surface area contributed by atoms with Gasteiger partial charge < -0.3 is 4.90 Å². The molecule has 1 unspecified atom stereocenters. The quantitative estimate of drug-likeness (QED) is 0.855. The molecular weight excluding hydrogens is 371 g/mol. The second-order valence-electron chi connectivity index (χ2n) is 6.50. The molecule has 0 radical (unpaired) electrons. The Kier molecular flexibility index (Phi) is 5.12. The van der Waals surface area contributed by atoms with E-state index in [0.717, 1.165) is 32.1 Å². The van der Waals surface area contributed by atoms with Crippen molar-refractivity contribution in [1.82, 2.24) is 9.62 Å². The molecule has 0 bridgehead atoms. The summed E-state index contributed by atoms with van der Waals surface area (Å²) in [6, 6.07) is 2.72. The lowest BCUT2D eigenvalue weighted by Gasteiger charge is -2.33. The highest BCUT2D eigenvalue weighted by Crippen LogP contribution is 2.32. The smallest absolute Gasteiger partial charge is 0.255 e. The number of amides is 1. The molecule has 1 aliphatic heterocycles. The van der Waals surface area contributed by atoms with Crippen molar-refractivity contribution in [2.24, 2.45) is 0 Å². The molecule has 8 heteroatoms. The lowest BCUT2D eigenvalue weighted by Crippen LogP contribution is -2.42. The maximum Gasteiger partial charge on any atom is 0.255 e. The van der Waals surface area contributed by atoms with Crippen molar-refractivity contribution >= 4 is 39.1 Å². The van der Waals surface area contributed by atoms with Gasteiger partial charge in [-0.2, -0.15) is 0 Å². The Morgan fingerprint density at radius 2 is 1.88 bits per heavy atom. The molecule has 1 aromatic carbocycles. The summed E-state index contributed by atoms with van der Waals surface area (Å²) in [6.45, 7) is 2.65. The molecule has 1 amide bonds. The number of piperidine rings is 1. The van der Waals surface area contributed by atoms with Gasteiger partial charge in [-0.05, 0) is 51.2 Å². The first-order valence-electron chi connectivity index (χ1n) is 8.12. The van der Waals surface area contributed by atoms with Crippen molar-refractivity contribution in [2.75, 3.05) is 6.54 Å². The molecule has 1 saturated heterocycles. The number of carbonyl (C=O) groups is 1. The normalized spacial score (nSPS) is 21.8. The summed E-state index contributed by atoms with van der Waals surface area (Å²) in [4.78, 5) is 14.5. The minimum atomic E-state index is -3.76. The summed E-state index contributed by atoms with van der Waals surface area (Å²) in [6.07, 6.45) is 4.61. The molecule has 2 fully saturated rings. The number of nitrogens with zero attached hydrogens (tertiary/aromatic N) is 1. The number of rotatable bonds is 4. The monoisotopic (exact) mass is 390 g/mol. The van der Waals surface area contributed by atoms with E-state index in [0.29, 0.717) is 6.54 Å². The average Bonchev–Trinajstić information content (AvgIpc) is 3.30. The summed E-state index contributed by atoms with van der Waals surface area (Å²) in [7, 11) is -3.76. The van der Waals surface area contributed by atoms with Crippen LogP contribution < -0.4 is 4.72 Å². The Labute approximate surface area is 152 Å². The van der Waals surface area contributed by atoms with Crippen LogP contribution in [-0.2, 0) is 10.0 Å². The molecule has 1 aliphatic carbocycles. The van der Waals surface area contributed by atoms with Crippen LogP contribution in [0.1, 0.15) is 49.4 Å². The molecule has 1 heterocycles. The van der Waals surface area contributed by atoms with Gasteiger partial charge in [-0.3, -0.25) is 4.79 Å². The van der Waals surface area contributed by atoms with Gasteiger partial charge in [0.05, 0.1) is 15.6 Å². The molecule has 2 aliphatic rings. The number of carbonyl (C=O) groups excluding carboxylic acids is 1. The first kappa shape index (κ1) is 18.0. The predicted octanol–water partition coefficient (Wildman–Crippen LogP) is 3.45. The van der Waals surface area contributed by atoms with Crippen molar-refractivity contribution in [3.63, 3.8) is 0 Å². The molecule has 3 rings (SSSR count). The van der Waals surface area contributed by atoms with E-state index in [2.05, 4.69) is 4.72 Å².